The molecule has 2 heterocycles. The van der Waals surface area contributed by atoms with Gasteiger partial charge in [0.1, 0.15) is 0 Å². The number of anilines is 1. The van der Waals surface area contributed by atoms with Crippen LogP contribution in [0.15, 0.2) is 36.9 Å². The SMILES string of the molecule is Clc1cccc2nc(NCCCCn3ccnc3)sc12. The number of unbranched alkanes of at least 4 members (excludes halogenated alkanes) is 1. The van der Waals surface area contributed by atoms with Crippen molar-refractivity contribution in [3.63, 3.8) is 0 Å². The summed E-state index contributed by atoms with van der Waals surface area (Å²) in [6, 6.07) is 5.82. The van der Waals surface area contributed by atoms with Gasteiger partial charge in [0.2, 0.25) is 0 Å². The molecule has 0 amide bonds. The van der Waals surface area contributed by atoms with E-state index in [1.165, 1.54) is 0 Å². The predicted molar refractivity (Wildman–Crippen MR) is 84.6 cm³/mol. The Morgan fingerprint density at radius 1 is 1.30 bits per heavy atom. The van der Waals surface area contributed by atoms with Crippen molar-refractivity contribution in [2.75, 3.05) is 11.9 Å². The number of fused-ring (bicyclic) bond motifs is 1. The summed E-state index contributed by atoms with van der Waals surface area (Å²) < 4.78 is 3.15. The van der Waals surface area contributed by atoms with Gasteiger partial charge in [-0.3, -0.25) is 0 Å². The molecule has 0 bridgehead atoms. The molecule has 1 aromatic carbocycles. The van der Waals surface area contributed by atoms with Gasteiger partial charge >= 0.3 is 0 Å². The van der Waals surface area contributed by atoms with E-state index in [1.807, 2.05) is 36.9 Å². The number of imidazole rings is 1. The summed E-state index contributed by atoms with van der Waals surface area (Å²) in [7, 11) is 0. The first-order valence-electron chi connectivity index (χ1n) is 6.57. The third kappa shape index (κ3) is 3.11. The van der Waals surface area contributed by atoms with Crippen LogP contribution in [0.3, 0.4) is 0 Å². The van der Waals surface area contributed by atoms with Crippen molar-refractivity contribution in [1.82, 2.24) is 14.5 Å². The van der Waals surface area contributed by atoms with E-state index >= 15 is 0 Å². The lowest BCUT2D eigenvalue weighted by Gasteiger charge is -2.03. The molecule has 0 atom stereocenters. The molecule has 6 heteroatoms. The number of hydrogen-bond donors (Lipinski definition) is 1. The first-order chi connectivity index (χ1) is 9.83. The molecule has 0 aliphatic carbocycles. The van der Waals surface area contributed by atoms with Crippen LogP contribution in [0, 0.1) is 0 Å². The largest absolute Gasteiger partial charge is 0.361 e. The number of benzene rings is 1. The number of hydrogen-bond acceptors (Lipinski definition) is 4. The van der Waals surface area contributed by atoms with Gasteiger partial charge in [0.15, 0.2) is 5.13 Å². The lowest BCUT2D eigenvalue weighted by molar-refractivity contribution is 0.621. The third-order valence-corrected chi connectivity index (χ3v) is 4.53. The lowest BCUT2D eigenvalue weighted by atomic mass is 10.3. The molecule has 20 heavy (non-hydrogen) atoms. The second kappa shape index (κ2) is 6.24. The maximum atomic E-state index is 6.15. The standard InChI is InChI=1S/C14H15ClN4S/c15-11-4-3-5-12-13(11)20-14(18-12)17-6-1-2-8-19-9-7-16-10-19/h3-5,7,9-10H,1-2,6,8H2,(H,17,18). The van der Waals surface area contributed by atoms with Gasteiger partial charge in [0, 0.05) is 25.5 Å². The molecule has 0 aliphatic rings. The summed E-state index contributed by atoms with van der Waals surface area (Å²) in [5, 5.41) is 5.08. The zero-order valence-corrected chi connectivity index (χ0v) is 12.5. The summed E-state index contributed by atoms with van der Waals surface area (Å²) in [6.45, 7) is 1.93. The minimum absolute atomic E-state index is 0.771. The minimum atomic E-state index is 0.771. The van der Waals surface area contributed by atoms with Crippen molar-refractivity contribution in [1.29, 1.82) is 0 Å². The van der Waals surface area contributed by atoms with Crippen molar-refractivity contribution in [2.24, 2.45) is 0 Å². The molecule has 0 saturated heterocycles. The molecule has 0 spiro atoms. The molecule has 1 N–H and O–H groups in total. The molecular weight excluding hydrogens is 292 g/mol. The molecule has 0 saturated carbocycles. The van der Waals surface area contributed by atoms with E-state index in [9.17, 15) is 0 Å². The van der Waals surface area contributed by atoms with Crippen LogP contribution in [-0.4, -0.2) is 21.1 Å². The van der Waals surface area contributed by atoms with E-state index in [2.05, 4.69) is 19.9 Å². The highest BCUT2D eigenvalue weighted by Crippen LogP contribution is 2.31. The molecule has 3 rings (SSSR count). The highest BCUT2D eigenvalue weighted by atomic mass is 35.5. The van der Waals surface area contributed by atoms with Crippen LogP contribution in [-0.2, 0) is 6.54 Å². The number of nitrogens with one attached hydrogen (secondary N) is 1. The van der Waals surface area contributed by atoms with Gasteiger partial charge in [0.05, 0.1) is 21.6 Å². The molecule has 2 aromatic heterocycles. The van der Waals surface area contributed by atoms with E-state index in [0.717, 1.165) is 46.3 Å². The molecule has 0 radical (unpaired) electrons. The van der Waals surface area contributed by atoms with Gasteiger partial charge in [-0.25, -0.2) is 9.97 Å². The normalized spacial score (nSPS) is 11.1. The minimum Gasteiger partial charge on any atom is -0.361 e. The van der Waals surface area contributed by atoms with E-state index in [0.29, 0.717) is 0 Å². The first-order valence-corrected chi connectivity index (χ1v) is 7.77. The fourth-order valence-electron chi connectivity index (χ4n) is 2.02. The summed E-state index contributed by atoms with van der Waals surface area (Å²) >= 11 is 7.76. The van der Waals surface area contributed by atoms with Crippen molar-refractivity contribution in [2.45, 2.75) is 19.4 Å². The maximum absolute atomic E-state index is 6.15. The molecular formula is C14H15ClN4S. The highest BCUT2D eigenvalue weighted by Gasteiger charge is 2.05. The molecule has 0 fully saturated rings. The Morgan fingerprint density at radius 3 is 3.05 bits per heavy atom. The van der Waals surface area contributed by atoms with Gasteiger partial charge in [-0.2, -0.15) is 0 Å². The number of thiazole rings is 1. The summed E-state index contributed by atoms with van der Waals surface area (Å²) in [4.78, 5) is 8.56. The Labute approximate surface area is 126 Å². The van der Waals surface area contributed by atoms with Crippen molar-refractivity contribution >= 4 is 38.3 Å². The van der Waals surface area contributed by atoms with Crippen LogP contribution in [0.1, 0.15) is 12.8 Å². The number of halogens is 1. The lowest BCUT2D eigenvalue weighted by Crippen LogP contribution is -2.03. The van der Waals surface area contributed by atoms with Crippen molar-refractivity contribution < 1.29 is 0 Å². The van der Waals surface area contributed by atoms with E-state index in [1.54, 1.807) is 11.3 Å². The van der Waals surface area contributed by atoms with Crippen LogP contribution >= 0.6 is 22.9 Å². The highest BCUT2D eigenvalue weighted by molar-refractivity contribution is 7.22. The van der Waals surface area contributed by atoms with Crippen LogP contribution in [0.4, 0.5) is 5.13 Å². The number of rotatable bonds is 6. The smallest absolute Gasteiger partial charge is 0.183 e. The van der Waals surface area contributed by atoms with Crippen LogP contribution in [0.5, 0.6) is 0 Å². The maximum Gasteiger partial charge on any atom is 0.183 e. The van der Waals surface area contributed by atoms with Gasteiger partial charge in [-0.15, -0.1) is 0 Å². The van der Waals surface area contributed by atoms with Crippen LogP contribution < -0.4 is 5.32 Å². The quantitative estimate of drug-likeness (QED) is 0.699. The van der Waals surface area contributed by atoms with E-state index in [-0.39, 0.29) is 0 Å². The molecule has 3 aromatic rings. The average Bonchev–Trinajstić information content (AvgIpc) is 3.08. The van der Waals surface area contributed by atoms with Crippen LogP contribution in [0.25, 0.3) is 10.2 Å². The first kappa shape index (κ1) is 13.4. The Kier molecular flexibility index (Phi) is 4.18. The molecule has 0 unspecified atom stereocenters. The fraction of sp³-hybridized carbons (Fsp3) is 0.286. The van der Waals surface area contributed by atoms with Gasteiger partial charge in [-0.1, -0.05) is 29.0 Å². The Morgan fingerprint density at radius 2 is 2.25 bits per heavy atom. The average molecular weight is 307 g/mol. The van der Waals surface area contributed by atoms with Gasteiger partial charge in [-0.05, 0) is 25.0 Å². The van der Waals surface area contributed by atoms with Gasteiger partial charge < -0.3 is 9.88 Å². The Balaban J connectivity index is 1.49. The molecule has 4 nitrogen and oxygen atoms in total. The number of aryl methyl sites for hydroxylation is 1. The Hall–Kier alpha value is -1.59. The Bertz CT molecular complexity index is 678. The van der Waals surface area contributed by atoms with Crippen molar-refractivity contribution in [3.8, 4) is 0 Å². The zero-order valence-electron chi connectivity index (χ0n) is 10.9. The predicted octanol–water partition coefficient (Wildman–Crippen LogP) is 4.04. The van der Waals surface area contributed by atoms with E-state index in [4.69, 9.17) is 11.6 Å². The summed E-state index contributed by atoms with van der Waals surface area (Å²) in [5.74, 6) is 0. The number of nitrogens with zero attached hydrogens (tertiary/aromatic N) is 3. The second-order valence-corrected chi connectivity index (χ2v) is 5.95. The monoisotopic (exact) mass is 306 g/mol. The van der Waals surface area contributed by atoms with E-state index < -0.39 is 0 Å². The summed E-state index contributed by atoms with van der Waals surface area (Å²) in [5.41, 5.74) is 0.961. The number of aromatic nitrogens is 3. The topological polar surface area (TPSA) is 42.7 Å². The third-order valence-electron chi connectivity index (χ3n) is 3.05. The molecule has 104 valence electrons. The molecule has 0 aliphatic heterocycles. The van der Waals surface area contributed by atoms with Gasteiger partial charge in [0.25, 0.3) is 0 Å². The van der Waals surface area contributed by atoms with Crippen molar-refractivity contribution in [3.05, 3.63) is 41.9 Å². The summed E-state index contributed by atoms with van der Waals surface area (Å²) in [6.07, 6.45) is 7.87. The zero-order chi connectivity index (χ0) is 13.8. The second-order valence-electron chi connectivity index (χ2n) is 4.54. The fourth-order valence-corrected chi connectivity index (χ4v) is 3.21. The van der Waals surface area contributed by atoms with Crippen LogP contribution in [0.2, 0.25) is 5.02 Å².